The van der Waals surface area contributed by atoms with E-state index in [1.807, 2.05) is 20.8 Å². The quantitative estimate of drug-likeness (QED) is 0.533. The van der Waals surface area contributed by atoms with Gasteiger partial charge in [-0.05, 0) is 65.8 Å². The van der Waals surface area contributed by atoms with E-state index in [9.17, 15) is 0 Å². The summed E-state index contributed by atoms with van der Waals surface area (Å²) in [5, 5.41) is 0. The summed E-state index contributed by atoms with van der Waals surface area (Å²) in [5.74, 6) is 0.615. The van der Waals surface area contributed by atoms with Gasteiger partial charge in [-0.1, -0.05) is 6.92 Å². The maximum Gasteiger partial charge on any atom is 0.241 e. The summed E-state index contributed by atoms with van der Waals surface area (Å²) < 4.78 is 17.8. The van der Waals surface area contributed by atoms with Crippen LogP contribution in [0.25, 0.3) is 0 Å². The Morgan fingerprint density at radius 2 is 1.79 bits per heavy atom. The van der Waals surface area contributed by atoms with Crippen LogP contribution in [0.4, 0.5) is 0 Å². The molecule has 1 rings (SSSR count). The molecule has 1 heterocycles. The van der Waals surface area contributed by atoms with Gasteiger partial charge in [0.15, 0.2) is 5.79 Å². The Bertz CT molecular complexity index is 318. The highest BCUT2D eigenvalue weighted by Crippen LogP contribution is 2.32. The Morgan fingerprint density at radius 1 is 1.21 bits per heavy atom. The molecule has 1 saturated heterocycles. The maximum atomic E-state index is 5.95. The molecule has 0 bridgehead atoms. The van der Waals surface area contributed by atoms with Crippen LogP contribution in [0.1, 0.15) is 47.0 Å². The molecule has 1 aliphatic rings. The molecule has 0 unspecified atom stereocenters. The number of allylic oxidation sites excluding steroid dienone is 2. The van der Waals surface area contributed by atoms with Crippen LogP contribution >= 0.6 is 0 Å². The SMILES string of the molecule is CC[C@H]1OC(C)(C)O[C@@H]1CC/C=C(/C)O[Si](C)(C)C. The smallest absolute Gasteiger partial charge is 0.241 e. The van der Waals surface area contributed by atoms with Crippen LogP contribution in [0, 0.1) is 0 Å². The summed E-state index contributed by atoms with van der Waals surface area (Å²) in [6.07, 6.45) is 5.59. The third kappa shape index (κ3) is 6.10. The van der Waals surface area contributed by atoms with Crippen molar-refractivity contribution in [3.8, 4) is 0 Å². The van der Waals surface area contributed by atoms with E-state index >= 15 is 0 Å². The Morgan fingerprint density at radius 3 is 2.32 bits per heavy atom. The monoisotopic (exact) mass is 286 g/mol. The van der Waals surface area contributed by atoms with Gasteiger partial charge in [0, 0.05) is 0 Å². The molecule has 0 saturated carbocycles. The van der Waals surface area contributed by atoms with Crippen molar-refractivity contribution in [1.29, 1.82) is 0 Å². The average molecular weight is 286 g/mol. The van der Waals surface area contributed by atoms with Gasteiger partial charge >= 0.3 is 0 Å². The lowest BCUT2D eigenvalue weighted by Crippen LogP contribution is -2.24. The standard InChI is InChI=1S/C15H30O3Si/c1-8-13-14(17-15(3,4)16-13)11-9-10-12(2)18-19(5,6)7/h10,13-14H,8-9,11H2,1-7H3/b12-10-/t13-,14-/m1/s1. The zero-order valence-electron chi connectivity index (χ0n) is 13.6. The summed E-state index contributed by atoms with van der Waals surface area (Å²) in [7, 11) is -1.47. The molecule has 0 aromatic carbocycles. The van der Waals surface area contributed by atoms with Gasteiger partial charge in [-0.15, -0.1) is 0 Å². The van der Waals surface area contributed by atoms with Crippen molar-refractivity contribution in [3.63, 3.8) is 0 Å². The molecule has 0 N–H and O–H groups in total. The molecule has 4 heteroatoms. The van der Waals surface area contributed by atoms with Crippen molar-refractivity contribution < 1.29 is 13.9 Å². The number of hydrogen-bond acceptors (Lipinski definition) is 3. The van der Waals surface area contributed by atoms with Crippen molar-refractivity contribution in [3.05, 3.63) is 11.8 Å². The fourth-order valence-corrected chi connectivity index (χ4v) is 3.52. The van der Waals surface area contributed by atoms with Crippen LogP contribution in [-0.2, 0) is 13.9 Å². The van der Waals surface area contributed by atoms with E-state index in [1.165, 1.54) is 0 Å². The maximum absolute atomic E-state index is 5.95. The van der Waals surface area contributed by atoms with Crippen LogP contribution in [0.5, 0.6) is 0 Å². The predicted molar refractivity (Wildman–Crippen MR) is 81.5 cm³/mol. The zero-order chi connectivity index (χ0) is 14.7. The number of ether oxygens (including phenoxy) is 2. The largest absolute Gasteiger partial charge is 0.548 e. The normalized spacial score (nSPS) is 27.6. The Labute approximate surface area is 119 Å². The molecule has 0 aliphatic carbocycles. The van der Waals surface area contributed by atoms with Crippen molar-refractivity contribution in [2.45, 2.75) is 84.6 Å². The first-order valence-corrected chi connectivity index (χ1v) is 10.8. The summed E-state index contributed by atoms with van der Waals surface area (Å²) >= 11 is 0. The first kappa shape index (κ1) is 16.7. The van der Waals surface area contributed by atoms with Crippen molar-refractivity contribution in [2.24, 2.45) is 0 Å². The highest BCUT2D eigenvalue weighted by atomic mass is 28.4. The summed E-state index contributed by atoms with van der Waals surface area (Å²) in [6.45, 7) is 14.8. The van der Waals surface area contributed by atoms with Gasteiger partial charge in [0.25, 0.3) is 0 Å². The van der Waals surface area contributed by atoms with E-state index in [1.54, 1.807) is 0 Å². The van der Waals surface area contributed by atoms with Crippen LogP contribution in [0.15, 0.2) is 11.8 Å². The molecule has 19 heavy (non-hydrogen) atoms. The van der Waals surface area contributed by atoms with Crippen LogP contribution in [0.2, 0.25) is 19.6 Å². The molecular formula is C15H30O3Si. The predicted octanol–water partition coefficient (Wildman–Crippen LogP) is 4.45. The van der Waals surface area contributed by atoms with E-state index in [0.29, 0.717) is 0 Å². The van der Waals surface area contributed by atoms with Gasteiger partial charge in [0.1, 0.15) is 0 Å². The van der Waals surface area contributed by atoms with Gasteiger partial charge in [-0.3, -0.25) is 0 Å². The highest BCUT2D eigenvalue weighted by molar-refractivity contribution is 6.70. The first-order chi connectivity index (χ1) is 8.63. The zero-order valence-corrected chi connectivity index (χ0v) is 14.6. The van der Waals surface area contributed by atoms with E-state index in [0.717, 1.165) is 25.0 Å². The van der Waals surface area contributed by atoms with Gasteiger partial charge in [0.2, 0.25) is 8.32 Å². The number of rotatable bonds is 6. The molecule has 0 radical (unpaired) electrons. The lowest BCUT2D eigenvalue weighted by Gasteiger charge is -2.20. The molecule has 3 nitrogen and oxygen atoms in total. The molecule has 0 aromatic heterocycles. The van der Waals surface area contributed by atoms with E-state index in [4.69, 9.17) is 13.9 Å². The van der Waals surface area contributed by atoms with Crippen LogP contribution in [0.3, 0.4) is 0 Å². The van der Waals surface area contributed by atoms with Crippen molar-refractivity contribution >= 4 is 8.32 Å². The molecule has 0 aromatic rings. The summed E-state index contributed by atoms with van der Waals surface area (Å²) in [6, 6.07) is 0. The highest BCUT2D eigenvalue weighted by Gasteiger charge is 2.39. The van der Waals surface area contributed by atoms with E-state index in [-0.39, 0.29) is 12.2 Å². The minimum absolute atomic E-state index is 0.205. The second-order valence-corrected chi connectivity index (χ2v) is 11.2. The average Bonchev–Trinajstić information content (AvgIpc) is 2.50. The van der Waals surface area contributed by atoms with Gasteiger partial charge in [-0.25, -0.2) is 0 Å². The lowest BCUT2D eigenvalue weighted by atomic mass is 10.1. The van der Waals surface area contributed by atoms with Crippen molar-refractivity contribution in [2.75, 3.05) is 0 Å². The molecule has 2 atom stereocenters. The van der Waals surface area contributed by atoms with Gasteiger partial charge in [0.05, 0.1) is 18.0 Å². The summed E-state index contributed by atoms with van der Waals surface area (Å²) in [5.41, 5.74) is 0. The molecule has 0 spiro atoms. The number of hydrogen-bond donors (Lipinski definition) is 0. The summed E-state index contributed by atoms with van der Waals surface area (Å²) in [4.78, 5) is 0. The fourth-order valence-electron chi connectivity index (χ4n) is 2.48. The minimum Gasteiger partial charge on any atom is -0.548 e. The second-order valence-electron chi connectivity index (χ2n) is 6.73. The molecule has 112 valence electrons. The molecule has 0 amide bonds. The molecule has 1 fully saturated rings. The van der Waals surface area contributed by atoms with Crippen LogP contribution < -0.4 is 0 Å². The van der Waals surface area contributed by atoms with Crippen molar-refractivity contribution in [1.82, 2.24) is 0 Å². The first-order valence-electron chi connectivity index (χ1n) is 7.34. The topological polar surface area (TPSA) is 27.7 Å². The van der Waals surface area contributed by atoms with Gasteiger partial charge in [-0.2, -0.15) is 0 Å². The third-order valence-corrected chi connectivity index (χ3v) is 3.97. The third-order valence-electron chi connectivity index (χ3n) is 3.04. The van der Waals surface area contributed by atoms with Crippen LogP contribution in [-0.4, -0.2) is 26.3 Å². The van der Waals surface area contributed by atoms with Gasteiger partial charge < -0.3 is 13.9 Å². The fraction of sp³-hybridized carbons (Fsp3) is 0.867. The molecular weight excluding hydrogens is 256 g/mol. The second kappa shape index (κ2) is 6.42. The molecule has 1 aliphatic heterocycles. The minimum atomic E-state index is -1.47. The lowest BCUT2D eigenvalue weighted by molar-refractivity contribution is -0.146. The Hall–Kier alpha value is -0.323. The Kier molecular flexibility index (Phi) is 5.65. The Balaban J connectivity index is 2.42. The van der Waals surface area contributed by atoms with E-state index < -0.39 is 14.1 Å². The van der Waals surface area contributed by atoms with E-state index in [2.05, 4.69) is 32.6 Å².